The highest BCUT2D eigenvalue weighted by atomic mass is 35.5. The molecule has 1 N–H and O–H groups in total. The fourth-order valence-electron chi connectivity index (χ4n) is 3.88. The number of hydrogen-bond acceptors (Lipinski definition) is 3. The van der Waals surface area contributed by atoms with Gasteiger partial charge < -0.3 is 15.0 Å². The summed E-state index contributed by atoms with van der Waals surface area (Å²) in [6.45, 7) is 6.08. The van der Waals surface area contributed by atoms with Gasteiger partial charge in [0.15, 0.2) is 6.61 Å². The molecule has 0 spiro atoms. The van der Waals surface area contributed by atoms with Crippen LogP contribution in [0.2, 0.25) is 5.02 Å². The average molecular weight is 479 g/mol. The number of nitrogens with zero attached hydrogens (tertiary/aromatic N) is 1. The number of nitrogens with one attached hydrogen (secondary N) is 1. The van der Waals surface area contributed by atoms with Crippen LogP contribution in [0.4, 0.5) is 0 Å². The van der Waals surface area contributed by atoms with Crippen molar-refractivity contribution in [3.05, 3.63) is 99.6 Å². The Labute approximate surface area is 206 Å². The van der Waals surface area contributed by atoms with Crippen molar-refractivity contribution in [1.82, 2.24) is 10.2 Å². The lowest BCUT2D eigenvalue weighted by Gasteiger charge is -2.31. The molecule has 0 aliphatic carbocycles. The first-order valence-corrected chi connectivity index (χ1v) is 11.7. The van der Waals surface area contributed by atoms with Gasteiger partial charge in [-0.2, -0.15) is 0 Å². The van der Waals surface area contributed by atoms with Crippen molar-refractivity contribution in [2.24, 2.45) is 0 Å². The van der Waals surface area contributed by atoms with Crippen molar-refractivity contribution in [3.8, 4) is 5.75 Å². The first-order valence-electron chi connectivity index (χ1n) is 11.3. The Balaban J connectivity index is 1.89. The van der Waals surface area contributed by atoms with Crippen LogP contribution in [0.25, 0.3) is 0 Å². The number of hydrogen-bond donors (Lipinski definition) is 1. The number of likely N-dealkylation sites (N-methyl/N-ethyl adjacent to an activating group) is 1. The predicted octanol–water partition coefficient (Wildman–Crippen LogP) is 5.03. The molecule has 0 aromatic heterocycles. The van der Waals surface area contributed by atoms with Crippen LogP contribution in [0.3, 0.4) is 0 Å². The van der Waals surface area contributed by atoms with Crippen LogP contribution in [0, 0.1) is 20.8 Å². The van der Waals surface area contributed by atoms with E-state index in [0.29, 0.717) is 17.2 Å². The number of carbonyl (C=O) groups is 2. The number of rotatable bonds is 9. The number of benzene rings is 3. The van der Waals surface area contributed by atoms with Gasteiger partial charge in [0.2, 0.25) is 5.91 Å². The van der Waals surface area contributed by atoms with E-state index in [9.17, 15) is 9.59 Å². The maximum Gasteiger partial charge on any atom is 0.261 e. The molecule has 3 rings (SSSR count). The maximum atomic E-state index is 13.5. The lowest BCUT2D eigenvalue weighted by Crippen LogP contribution is -2.51. The highest BCUT2D eigenvalue weighted by Gasteiger charge is 2.30. The summed E-state index contributed by atoms with van der Waals surface area (Å²) in [5, 5.41) is 3.33. The Morgan fingerprint density at radius 3 is 2.29 bits per heavy atom. The third kappa shape index (κ3) is 6.61. The smallest absolute Gasteiger partial charge is 0.261 e. The summed E-state index contributed by atoms with van der Waals surface area (Å²) in [4.78, 5) is 28.1. The van der Waals surface area contributed by atoms with Crippen molar-refractivity contribution in [2.75, 3.05) is 13.7 Å². The van der Waals surface area contributed by atoms with Gasteiger partial charge in [0, 0.05) is 25.0 Å². The molecule has 3 aromatic rings. The molecule has 34 heavy (non-hydrogen) atoms. The molecule has 0 heterocycles. The first kappa shape index (κ1) is 25.3. The standard InChI is InChI=1S/C28H31ClN2O3/c1-19-14-20(2)21(3)26(15-19)34-18-27(32)31(17-23-10-12-24(29)13-11-23)25(28(33)30-4)16-22-8-6-5-7-9-22/h5-15,25H,16-18H2,1-4H3,(H,30,33)/t25-/m0/s1. The highest BCUT2D eigenvalue weighted by molar-refractivity contribution is 6.30. The number of aryl methyl sites for hydroxylation is 2. The molecule has 0 aliphatic rings. The lowest BCUT2D eigenvalue weighted by atomic mass is 10.0. The van der Waals surface area contributed by atoms with Crippen molar-refractivity contribution in [3.63, 3.8) is 0 Å². The summed E-state index contributed by atoms with van der Waals surface area (Å²) >= 11 is 6.05. The van der Waals surface area contributed by atoms with E-state index in [-0.39, 0.29) is 25.0 Å². The molecular weight excluding hydrogens is 448 g/mol. The largest absolute Gasteiger partial charge is 0.483 e. The van der Waals surface area contributed by atoms with Crippen LogP contribution in [-0.4, -0.2) is 36.4 Å². The number of amides is 2. The van der Waals surface area contributed by atoms with Crippen molar-refractivity contribution < 1.29 is 14.3 Å². The van der Waals surface area contributed by atoms with Crippen LogP contribution in [0.15, 0.2) is 66.7 Å². The molecule has 178 valence electrons. The topological polar surface area (TPSA) is 58.6 Å². The number of halogens is 1. The fourth-order valence-corrected chi connectivity index (χ4v) is 4.01. The molecule has 1 atom stereocenters. The van der Waals surface area contributed by atoms with Gasteiger partial charge in [0.05, 0.1) is 0 Å². The summed E-state index contributed by atoms with van der Waals surface area (Å²) in [5.41, 5.74) is 5.01. The van der Waals surface area contributed by atoms with E-state index < -0.39 is 6.04 Å². The maximum absolute atomic E-state index is 13.5. The average Bonchev–Trinajstić information content (AvgIpc) is 2.83. The molecule has 3 aromatic carbocycles. The van der Waals surface area contributed by atoms with Gasteiger partial charge in [-0.15, -0.1) is 0 Å². The Bertz CT molecular complexity index is 1130. The van der Waals surface area contributed by atoms with Gasteiger partial charge in [-0.05, 0) is 66.8 Å². The molecule has 2 amide bonds. The second-order valence-corrected chi connectivity index (χ2v) is 8.90. The molecule has 0 radical (unpaired) electrons. The van der Waals surface area contributed by atoms with E-state index in [2.05, 4.69) is 11.4 Å². The summed E-state index contributed by atoms with van der Waals surface area (Å²) in [6.07, 6.45) is 0.391. The van der Waals surface area contributed by atoms with Crippen LogP contribution in [-0.2, 0) is 22.6 Å². The molecule has 5 nitrogen and oxygen atoms in total. The minimum absolute atomic E-state index is 0.167. The van der Waals surface area contributed by atoms with Crippen LogP contribution in [0.1, 0.15) is 27.8 Å². The second kappa shape index (κ2) is 11.7. The number of carbonyl (C=O) groups excluding carboxylic acids is 2. The Morgan fingerprint density at radius 1 is 0.971 bits per heavy atom. The van der Waals surface area contributed by atoms with Crippen molar-refractivity contribution >= 4 is 23.4 Å². The highest BCUT2D eigenvalue weighted by Crippen LogP contribution is 2.24. The SMILES string of the molecule is CNC(=O)[C@H](Cc1ccccc1)N(Cc1ccc(Cl)cc1)C(=O)COc1cc(C)cc(C)c1C. The molecule has 6 heteroatoms. The zero-order valence-electron chi connectivity index (χ0n) is 20.1. The molecule has 0 bridgehead atoms. The van der Waals surface area contributed by atoms with E-state index in [4.69, 9.17) is 16.3 Å². The Hall–Kier alpha value is -3.31. The third-order valence-electron chi connectivity index (χ3n) is 5.90. The normalized spacial score (nSPS) is 11.6. The molecule has 0 fully saturated rings. The zero-order chi connectivity index (χ0) is 24.7. The second-order valence-electron chi connectivity index (χ2n) is 8.46. The van der Waals surface area contributed by atoms with Gasteiger partial charge in [-0.3, -0.25) is 9.59 Å². The molecular formula is C28H31ClN2O3. The van der Waals surface area contributed by atoms with E-state index in [1.807, 2.05) is 69.3 Å². The monoisotopic (exact) mass is 478 g/mol. The summed E-state index contributed by atoms with van der Waals surface area (Å²) in [5.74, 6) is 0.184. The van der Waals surface area contributed by atoms with E-state index in [1.54, 1.807) is 24.1 Å². The Morgan fingerprint density at radius 2 is 1.65 bits per heavy atom. The van der Waals surface area contributed by atoms with Gasteiger partial charge >= 0.3 is 0 Å². The quantitative estimate of drug-likeness (QED) is 0.469. The van der Waals surface area contributed by atoms with Crippen LogP contribution in [0.5, 0.6) is 5.75 Å². The third-order valence-corrected chi connectivity index (χ3v) is 6.15. The lowest BCUT2D eigenvalue weighted by molar-refractivity contribution is -0.142. The molecule has 0 saturated carbocycles. The van der Waals surface area contributed by atoms with Gasteiger partial charge in [0.25, 0.3) is 5.91 Å². The molecule has 0 saturated heterocycles. The molecule has 0 unspecified atom stereocenters. The van der Waals surface area contributed by atoms with E-state index in [1.165, 1.54) is 0 Å². The minimum atomic E-state index is -0.695. The van der Waals surface area contributed by atoms with Crippen molar-refractivity contribution in [1.29, 1.82) is 0 Å². The van der Waals surface area contributed by atoms with Gasteiger partial charge in [0.1, 0.15) is 11.8 Å². The van der Waals surface area contributed by atoms with E-state index >= 15 is 0 Å². The zero-order valence-corrected chi connectivity index (χ0v) is 20.9. The number of ether oxygens (including phenoxy) is 1. The van der Waals surface area contributed by atoms with Gasteiger partial charge in [-0.25, -0.2) is 0 Å². The summed E-state index contributed by atoms with van der Waals surface area (Å²) in [7, 11) is 1.58. The molecule has 0 aliphatic heterocycles. The fraction of sp³-hybridized carbons (Fsp3) is 0.286. The summed E-state index contributed by atoms with van der Waals surface area (Å²) in [6, 6.07) is 20.3. The van der Waals surface area contributed by atoms with Crippen LogP contribution < -0.4 is 10.1 Å². The minimum Gasteiger partial charge on any atom is -0.483 e. The predicted molar refractivity (Wildman–Crippen MR) is 136 cm³/mol. The first-order chi connectivity index (χ1) is 16.3. The Kier molecular flexibility index (Phi) is 8.72. The van der Waals surface area contributed by atoms with Crippen molar-refractivity contribution in [2.45, 2.75) is 39.8 Å². The van der Waals surface area contributed by atoms with Crippen LogP contribution >= 0.6 is 11.6 Å². The summed E-state index contributed by atoms with van der Waals surface area (Å²) < 4.78 is 5.97. The van der Waals surface area contributed by atoms with Gasteiger partial charge in [-0.1, -0.05) is 60.1 Å². The van der Waals surface area contributed by atoms with E-state index in [0.717, 1.165) is 27.8 Å².